The maximum atomic E-state index is 6.11. The van der Waals surface area contributed by atoms with E-state index in [1.54, 1.807) is 0 Å². The van der Waals surface area contributed by atoms with Crippen LogP contribution in [0.1, 0.15) is 58.3 Å². The summed E-state index contributed by atoms with van der Waals surface area (Å²) in [5.74, 6) is 1.00. The number of hydrogen-bond acceptors (Lipinski definition) is 3. The minimum Gasteiger partial charge on any atom is -0.329 e. The Bertz CT molecular complexity index is 252. The van der Waals surface area contributed by atoms with Crippen molar-refractivity contribution in [1.82, 2.24) is 10.2 Å². The van der Waals surface area contributed by atoms with Gasteiger partial charge >= 0.3 is 0 Å². The molecule has 1 aliphatic carbocycles. The molecule has 3 nitrogen and oxygen atoms in total. The van der Waals surface area contributed by atoms with Gasteiger partial charge in [-0.1, -0.05) is 26.2 Å². The molecule has 1 saturated carbocycles. The van der Waals surface area contributed by atoms with E-state index >= 15 is 0 Å². The molecule has 1 aliphatic heterocycles. The fourth-order valence-electron chi connectivity index (χ4n) is 3.57. The number of hydrogen-bond donors (Lipinski definition) is 2. The van der Waals surface area contributed by atoms with Crippen molar-refractivity contribution in [1.29, 1.82) is 0 Å². The Kier molecular flexibility index (Phi) is 6.11. The van der Waals surface area contributed by atoms with Crippen molar-refractivity contribution < 1.29 is 0 Å². The predicted octanol–water partition coefficient (Wildman–Crippen LogP) is 2.36. The Labute approximate surface area is 119 Å². The Hall–Kier alpha value is -0.120. The first-order valence-corrected chi connectivity index (χ1v) is 8.45. The second-order valence-corrected chi connectivity index (χ2v) is 6.69. The van der Waals surface area contributed by atoms with Gasteiger partial charge in [-0.3, -0.25) is 0 Å². The zero-order valence-electron chi connectivity index (χ0n) is 12.8. The third kappa shape index (κ3) is 4.44. The highest BCUT2D eigenvalue weighted by Crippen LogP contribution is 2.29. The van der Waals surface area contributed by atoms with E-state index in [2.05, 4.69) is 17.1 Å². The molecule has 19 heavy (non-hydrogen) atoms. The van der Waals surface area contributed by atoms with Gasteiger partial charge in [-0.05, 0) is 64.2 Å². The second kappa shape index (κ2) is 7.61. The summed E-state index contributed by atoms with van der Waals surface area (Å²) in [6.45, 7) is 8.00. The van der Waals surface area contributed by atoms with Crippen LogP contribution in [0.5, 0.6) is 0 Å². The van der Waals surface area contributed by atoms with Gasteiger partial charge in [0.15, 0.2) is 0 Å². The average molecular weight is 267 g/mol. The van der Waals surface area contributed by atoms with Gasteiger partial charge < -0.3 is 16.0 Å². The van der Waals surface area contributed by atoms with E-state index in [-0.39, 0.29) is 5.54 Å². The monoisotopic (exact) mass is 267 g/mol. The van der Waals surface area contributed by atoms with Crippen molar-refractivity contribution in [3.8, 4) is 0 Å². The lowest BCUT2D eigenvalue weighted by atomic mass is 9.82. The lowest BCUT2D eigenvalue weighted by molar-refractivity contribution is 0.239. The molecule has 0 spiro atoms. The lowest BCUT2D eigenvalue weighted by Crippen LogP contribution is -2.52. The molecule has 0 radical (unpaired) electrons. The van der Waals surface area contributed by atoms with Gasteiger partial charge in [0.2, 0.25) is 0 Å². The van der Waals surface area contributed by atoms with Crippen molar-refractivity contribution in [2.75, 3.05) is 32.7 Å². The van der Waals surface area contributed by atoms with Crippen LogP contribution in [0.2, 0.25) is 0 Å². The number of likely N-dealkylation sites (tertiary alicyclic amines) is 1. The first-order chi connectivity index (χ1) is 9.28. The van der Waals surface area contributed by atoms with Gasteiger partial charge in [-0.2, -0.15) is 0 Å². The van der Waals surface area contributed by atoms with Gasteiger partial charge in [-0.15, -0.1) is 0 Å². The smallest absolute Gasteiger partial charge is 0.0316 e. The molecule has 0 amide bonds. The minimum absolute atomic E-state index is 0.228. The predicted molar refractivity (Wildman–Crippen MR) is 82.3 cm³/mol. The fourth-order valence-corrected chi connectivity index (χ4v) is 3.57. The molecule has 1 saturated heterocycles. The highest BCUT2D eigenvalue weighted by Gasteiger charge is 2.30. The van der Waals surface area contributed by atoms with Crippen molar-refractivity contribution in [2.45, 2.75) is 63.8 Å². The lowest BCUT2D eigenvalue weighted by Gasteiger charge is -2.34. The van der Waals surface area contributed by atoms with Gasteiger partial charge in [0.1, 0.15) is 0 Å². The molecule has 1 unspecified atom stereocenters. The van der Waals surface area contributed by atoms with Gasteiger partial charge in [0.05, 0.1) is 0 Å². The van der Waals surface area contributed by atoms with Crippen LogP contribution in [-0.4, -0.2) is 43.2 Å². The van der Waals surface area contributed by atoms with Crippen LogP contribution in [0.4, 0.5) is 0 Å². The molecule has 0 bridgehead atoms. The molecule has 1 atom stereocenters. The van der Waals surface area contributed by atoms with Crippen LogP contribution in [0, 0.1) is 5.92 Å². The maximum Gasteiger partial charge on any atom is 0.0316 e. The molecule has 2 aliphatic rings. The van der Waals surface area contributed by atoms with Gasteiger partial charge in [0.25, 0.3) is 0 Å². The van der Waals surface area contributed by atoms with Crippen molar-refractivity contribution in [3.63, 3.8) is 0 Å². The molecule has 0 aromatic carbocycles. The fraction of sp³-hybridized carbons (Fsp3) is 1.00. The zero-order valence-corrected chi connectivity index (χ0v) is 12.8. The summed E-state index contributed by atoms with van der Waals surface area (Å²) in [6, 6.07) is 0. The Morgan fingerprint density at radius 1 is 1.21 bits per heavy atom. The topological polar surface area (TPSA) is 41.3 Å². The first-order valence-electron chi connectivity index (χ1n) is 8.45. The van der Waals surface area contributed by atoms with Gasteiger partial charge in [0, 0.05) is 12.1 Å². The summed E-state index contributed by atoms with van der Waals surface area (Å²) < 4.78 is 0. The van der Waals surface area contributed by atoms with Crippen LogP contribution < -0.4 is 11.1 Å². The molecule has 0 aromatic heterocycles. The Morgan fingerprint density at radius 3 is 2.68 bits per heavy atom. The molecule has 3 N–H and O–H groups in total. The minimum atomic E-state index is 0.228. The summed E-state index contributed by atoms with van der Waals surface area (Å²) in [5, 5.41) is 3.83. The maximum absolute atomic E-state index is 6.11. The second-order valence-electron chi connectivity index (χ2n) is 6.69. The summed E-state index contributed by atoms with van der Waals surface area (Å²) in [7, 11) is 0. The van der Waals surface area contributed by atoms with E-state index in [1.807, 2.05) is 0 Å². The van der Waals surface area contributed by atoms with Gasteiger partial charge in [-0.25, -0.2) is 0 Å². The van der Waals surface area contributed by atoms with Crippen LogP contribution in [0.15, 0.2) is 0 Å². The zero-order chi connectivity index (χ0) is 13.6. The molecule has 1 heterocycles. The van der Waals surface area contributed by atoms with E-state index in [9.17, 15) is 0 Å². The van der Waals surface area contributed by atoms with Crippen molar-refractivity contribution in [3.05, 3.63) is 0 Å². The Balaban J connectivity index is 1.75. The summed E-state index contributed by atoms with van der Waals surface area (Å²) in [4.78, 5) is 2.62. The molecular weight excluding hydrogens is 234 g/mol. The van der Waals surface area contributed by atoms with E-state index in [4.69, 9.17) is 5.73 Å². The molecular formula is C16H33N3. The van der Waals surface area contributed by atoms with Crippen molar-refractivity contribution >= 4 is 0 Å². The van der Waals surface area contributed by atoms with E-state index in [0.717, 1.165) is 12.5 Å². The summed E-state index contributed by atoms with van der Waals surface area (Å²) in [5.41, 5.74) is 6.34. The quantitative estimate of drug-likeness (QED) is 0.744. The van der Waals surface area contributed by atoms with Crippen LogP contribution >= 0.6 is 0 Å². The molecule has 112 valence electrons. The van der Waals surface area contributed by atoms with Crippen LogP contribution in [0.3, 0.4) is 0 Å². The molecule has 2 fully saturated rings. The van der Waals surface area contributed by atoms with Crippen molar-refractivity contribution in [2.24, 2.45) is 11.7 Å². The van der Waals surface area contributed by atoms with E-state index in [1.165, 1.54) is 77.5 Å². The SMILES string of the molecule is CCCN1CCCC(CN)(NCCC2CCC2)CC1. The average Bonchev–Trinajstić information content (AvgIpc) is 2.57. The van der Waals surface area contributed by atoms with E-state index < -0.39 is 0 Å². The highest BCUT2D eigenvalue weighted by atomic mass is 15.1. The summed E-state index contributed by atoms with van der Waals surface area (Å²) in [6.07, 6.45) is 10.8. The Morgan fingerprint density at radius 2 is 2.05 bits per heavy atom. The first kappa shape index (κ1) is 15.3. The molecule has 2 rings (SSSR count). The number of rotatable bonds is 7. The summed E-state index contributed by atoms with van der Waals surface area (Å²) >= 11 is 0. The third-order valence-corrected chi connectivity index (χ3v) is 5.24. The molecule has 0 aromatic rings. The largest absolute Gasteiger partial charge is 0.329 e. The third-order valence-electron chi connectivity index (χ3n) is 5.24. The highest BCUT2D eigenvalue weighted by molar-refractivity contribution is 4.92. The molecule has 3 heteroatoms. The number of nitrogens with two attached hydrogens (primary N) is 1. The van der Waals surface area contributed by atoms with E-state index in [0.29, 0.717) is 0 Å². The van der Waals surface area contributed by atoms with Crippen LogP contribution in [0.25, 0.3) is 0 Å². The standard InChI is InChI=1S/C16H33N3/c1-2-11-19-12-4-8-16(14-17,9-13-19)18-10-7-15-5-3-6-15/h15,18H,2-14,17H2,1H3. The number of nitrogens with zero attached hydrogens (tertiary/aromatic N) is 1. The van der Waals surface area contributed by atoms with Crippen LogP contribution in [-0.2, 0) is 0 Å². The number of nitrogens with one attached hydrogen (secondary N) is 1. The normalized spacial score (nSPS) is 30.0.